The molecule has 0 atom stereocenters. The molecule has 140 valence electrons. The SMILES string of the molecule is CS(=O)(=O)c1ccc(Br)c(S(=O)(=O)Oc2ccccc2-c2ccccc2)c1. The zero-order valence-corrected chi connectivity index (χ0v) is 17.4. The second-order valence-corrected chi connectivity index (χ2v) is 10.1. The van der Waals surface area contributed by atoms with Crippen LogP contribution in [-0.2, 0) is 20.0 Å². The first kappa shape index (κ1) is 19.6. The molecule has 0 fully saturated rings. The predicted molar refractivity (Wildman–Crippen MR) is 107 cm³/mol. The van der Waals surface area contributed by atoms with Gasteiger partial charge in [-0.2, -0.15) is 8.42 Å². The molecule has 0 saturated carbocycles. The maximum atomic E-state index is 12.8. The summed E-state index contributed by atoms with van der Waals surface area (Å²) >= 11 is 3.16. The molecule has 0 aromatic heterocycles. The van der Waals surface area contributed by atoms with E-state index in [0.29, 0.717) is 5.56 Å². The van der Waals surface area contributed by atoms with Crippen LogP contribution in [-0.4, -0.2) is 23.1 Å². The minimum atomic E-state index is -4.27. The van der Waals surface area contributed by atoms with Crippen molar-refractivity contribution in [3.63, 3.8) is 0 Å². The van der Waals surface area contributed by atoms with Crippen molar-refractivity contribution >= 4 is 35.9 Å². The van der Waals surface area contributed by atoms with Gasteiger partial charge in [-0.05, 0) is 45.8 Å². The molecule has 0 spiro atoms. The number of sulfone groups is 1. The highest BCUT2D eigenvalue weighted by Gasteiger charge is 2.24. The molecule has 0 aliphatic carbocycles. The molecule has 8 heteroatoms. The third-order valence-electron chi connectivity index (χ3n) is 3.77. The highest BCUT2D eigenvalue weighted by molar-refractivity contribution is 9.10. The van der Waals surface area contributed by atoms with Gasteiger partial charge in [0.15, 0.2) is 15.6 Å². The van der Waals surface area contributed by atoms with Gasteiger partial charge in [0, 0.05) is 16.3 Å². The molecule has 0 aliphatic rings. The molecular weight excluding hydrogens is 452 g/mol. The van der Waals surface area contributed by atoms with E-state index in [2.05, 4.69) is 15.9 Å². The average Bonchev–Trinajstić information content (AvgIpc) is 2.62. The Morgan fingerprint density at radius 3 is 2.11 bits per heavy atom. The molecule has 0 aliphatic heterocycles. The lowest BCUT2D eigenvalue weighted by atomic mass is 10.1. The second kappa shape index (κ2) is 7.46. The molecule has 0 saturated heterocycles. The van der Waals surface area contributed by atoms with Gasteiger partial charge in [0.1, 0.15) is 4.90 Å². The first-order chi connectivity index (χ1) is 12.7. The quantitative estimate of drug-likeness (QED) is 0.524. The van der Waals surface area contributed by atoms with E-state index in [1.807, 2.05) is 30.3 Å². The Morgan fingerprint density at radius 1 is 0.815 bits per heavy atom. The largest absolute Gasteiger partial charge is 0.378 e. The highest BCUT2D eigenvalue weighted by atomic mass is 79.9. The zero-order valence-electron chi connectivity index (χ0n) is 14.2. The Kier molecular flexibility index (Phi) is 5.41. The van der Waals surface area contributed by atoms with Crippen LogP contribution in [0.2, 0.25) is 0 Å². The van der Waals surface area contributed by atoms with Gasteiger partial charge in [-0.1, -0.05) is 48.5 Å². The molecule has 5 nitrogen and oxygen atoms in total. The minimum Gasteiger partial charge on any atom is -0.378 e. The summed E-state index contributed by atoms with van der Waals surface area (Å²) in [5.41, 5.74) is 1.41. The number of para-hydroxylation sites is 1. The lowest BCUT2D eigenvalue weighted by Gasteiger charge is -2.13. The summed E-state index contributed by atoms with van der Waals surface area (Å²) < 4.78 is 54.8. The van der Waals surface area contributed by atoms with Gasteiger partial charge in [0.25, 0.3) is 0 Å². The molecular formula is C19H15BrO5S2. The van der Waals surface area contributed by atoms with Crippen molar-refractivity contribution in [3.05, 3.63) is 77.3 Å². The van der Waals surface area contributed by atoms with Gasteiger partial charge in [-0.25, -0.2) is 8.42 Å². The van der Waals surface area contributed by atoms with Crippen molar-refractivity contribution in [2.24, 2.45) is 0 Å². The van der Waals surface area contributed by atoms with Crippen LogP contribution in [0.3, 0.4) is 0 Å². The highest BCUT2D eigenvalue weighted by Crippen LogP contribution is 2.33. The molecule has 0 unspecified atom stereocenters. The standard InChI is InChI=1S/C19H15BrO5S2/c1-26(21,22)15-11-12-17(20)19(13-15)27(23,24)25-18-10-6-5-9-16(18)14-7-3-2-4-8-14/h2-13H,1H3. The Hall–Kier alpha value is -2.16. The smallest absolute Gasteiger partial charge is 0.340 e. The topological polar surface area (TPSA) is 77.5 Å². The van der Waals surface area contributed by atoms with Gasteiger partial charge >= 0.3 is 10.1 Å². The molecule has 0 N–H and O–H groups in total. The number of halogens is 1. The lowest BCUT2D eigenvalue weighted by molar-refractivity contribution is 0.486. The monoisotopic (exact) mass is 466 g/mol. The summed E-state index contributed by atoms with van der Waals surface area (Å²) in [4.78, 5) is -0.363. The fourth-order valence-electron chi connectivity index (χ4n) is 2.46. The number of hydrogen-bond acceptors (Lipinski definition) is 5. The lowest BCUT2D eigenvalue weighted by Crippen LogP contribution is -2.12. The van der Waals surface area contributed by atoms with Gasteiger partial charge in [0.05, 0.1) is 4.90 Å². The van der Waals surface area contributed by atoms with Crippen LogP contribution < -0.4 is 4.18 Å². The van der Waals surface area contributed by atoms with Gasteiger partial charge < -0.3 is 4.18 Å². The third-order valence-corrected chi connectivity index (χ3v) is 7.11. The van der Waals surface area contributed by atoms with Crippen LogP contribution in [0, 0.1) is 0 Å². The first-order valence-corrected chi connectivity index (χ1v) is 11.9. The average molecular weight is 467 g/mol. The summed E-state index contributed by atoms with van der Waals surface area (Å²) in [6.07, 6.45) is 1.01. The predicted octanol–water partition coefficient (Wildman–Crippen LogP) is 4.29. The molecule has 3 aromatic carbocycles. The number of benzene rings is 3. The molecule has 0 bridgehead atoms. The molecule has 3 aromatic rings. The van der Waals surface area contributed by atoms with Crippen LogP contribution in [0.5, 0.6) is 5.75 Å². The van der Waals surface area contributed by atoms with Crippen molar-refractivity contribution in [2.45, 2.75) is 9.79 Å². The van der Waals surface area contributed by atoms with Crippen molar-refractivity contribution in [1.82, 2.24) is 0 Å². The first-order valence-electron chi connectivity index (χ1n) is 7.77. The van der Waals surface area contributed by atoms with Crippen molar-refractivity contribution in [1.29, 1.82) is 0 Å². The van der Waals surface area contributed by atoms with Gasteiger partial charge in [0.2, 0.25) is 0 Å². The third kappa shape index (κ3) is 4.40. The maximum Gasteiger partial charge on any atom is 0.340 e. The normalized spacial score (nSPS) is 11.9. The Morgan fingerprint density at radius 2 is 1.44 bits per heavy atom. The van der Waals surface area contributed by atoms with E-state index in [1.54, 1.807) is 24.3 Å². The van der Waals surface area contributed by atoms with E-state index in [0.717, 1.165) is 17.9 Å². The summed E-state index contributed by atoms with van der Waals surface area (Å²) in [7, 11) is -7.84. The second-order valence-electron chi connectivity index (χ2n) is 5.76. The van der Waals surface area contributed by atoms with Crippen LogP contribution in [0.15, 0.2) is 87.1 Å². The summed E-state index contributed by atoms with van der Waals surface area (Å²) in [6.45, 7) is 0. The Balaban J connectivity index is 2.07. The molecule has 0 heterocycles. The Bertz CT molecular complexity index is 1190. The van der Waals surface area contributed by atoms with Crippen LogP contribution in [0.25, 0.3) is 11.1 Å². The van der Waals surface area contributed by atoms with Crippen LogP contribution >= 0.6 is 15.9 Å². The van der Waals surface area contributed by atoms with Crippen LogP contribution in [0.1, 0.15) is 0 Å². The minimum absolute atomic E-state index is 0.107. The summed E-state index contributed by atoms with van der Waals surface area (Å²) in [6, 6.07) is 19.8. The van der Waals surface area contributed by atoms with E-state index in [9.17, 15) is 16.8 Å². The fraction of sp³-hybridized carbons (Fsp3) is 0.0526. The van der Waals surface area contributed by atoms with Crippen molar-refractivity contribution < 1.29 is 21.0 Å². The van der Waals surface area contributed by atoms with Crippen molar-refractivity contribution in [2.75, 3.05) is 6.26 Å². The fourth-order valence-corrected chi connectivity index (χ4v) is 5.08. The zero-order chi connectivity index (χ0) is 19.7. The van der Waals surface area contributed by atoms with Crippen LogP contribution in [0.4, 0.5) is 0 Å². The molecule has 0 amide bonds. The van der Waals surface area contributed by atoms with Crippen molar-refractivity contribution in [3.8, 4) is 16.9 Å². The van der Waals surface area contributed by atoms with E-state index < -0.39 is 20.0 Å². The van der Waals surface area contributed by atoms with E-state index in [4.69, 9.17) is 4.18 Å². The Labute approximate surface area is 166 Å². The van der Waals surface area contributed by atoms with Gasteiger partial charge in [-0.3, -0.25) is 0 Å². The number of hydrogen-bond donors (Lipinski definition) is 0. The molecule has 3 rings (SSSR count). The maximum absolute atomic E-state index is 12.8. The van der Waals surface area contributed by atoms with Gasteiger partial charge in [-0.15, -0.1) is 0 Å². The molecule has 27 heavy (non-hydrogen) atoms. The summed E-state index contributed by atoms with van der Waals surface area (Å²) in [5.74, 6) is 0.153. The molecule has 0 radical (unpaired) electrons. The van der Waals surface area contributed by atoms with E-state index in [1.165, 1.54) is 12.1 Å². The van der Waals surface area contributed by atoms with E-state index in [-0.39, 0.29) is 20.0 Å². The summed E-state index contributed by atoms with van der Waals surface area (Å²) in [5, 5.41) is 0. The number of rotatable bonds is 5. The van der Waals surface area contributed by atoms with E-state index >= 15 is 0 Å².